The second kappa shape index (κ2) is 5.02. The molecule has 1 saturated heterocycles. The molecule has 0 aliphatic carbocycles. The van der Waals surface area contributed by atoms with Gasteiger partial charge in [0.15, 0.2) is 0 Å². The third-order valence-corrected chi connectivity index (χ3v) is 2.32. The minimum Gasteiger partial charge on any atom is -0.393 e. The zero-order valence-electron chi connectivity index (χ0n) is 8.07. The largest absolute Gasteiger partial charge is 0.393 e. The van der Waals surface area contributed by atoms with Crippen molar-refractivity contribution < 1.29 is 9.90 Å². The maximum absolute atomic E-state index is 11.4. The lowest BCUT2D eigenvalue weighted by molar-refractivity contribution is -0.126. The highest BCUT2D eigenvalue weighted by molar-refractivity contribution is 5.87. The van der Waals surface area contributed by atoms with Gasteiger partial charge in [-0.25, -0.2) is 0 Å². The number of amides is 1. The first-order valence-corrected chi connectivity index (χ1v) is 4.83. The highest BCUT2D eigenvalue weighted by atomic mass is 16.3. The predicted molar refractivity (Wildman–Crippen MR) is 51.3 cm³/mol. The summed E-state index contributed by atoms with van der Waals surface area (Å²) >= 11 is 0. The van der Waals surface area contributed by atoms with Crippen LogP contribution >= 0.6 is 0 Å². The summed E-state index contributed by atoms with van der Waals surface area (Å²) in [4.78, 5) is 13.2. The maximum Gasteiger partial charge on any atom is 0.246 e. The summed E-state index contributed by atoms with van der Waals surface area (Å²) in [5, 5.41) is 9.36. The summed E-state index contributed by atoms with van der Waals surface area (Å²) in [5.41, 5.74) is 0. The van der Waals surface area contributed by atoms with Gasteiger partial charge in [-0.05, 0) is 32.3 Å². The van der Waals surface area contributed by atoms with Crippen molar-refractivity contribution in [1.82, 2.24) is 4.90 Å². The molecule has 3 nitrogen and oxygen atoms in total. The van der Waals surface area contributed by atoms with E-state index in [1.54, 1.807) is 17.1 Å². The molecular weight excluding hydrogens is 166 g/mol. The smallest absolute Gasteiger partial charge is 0.246 e. The molecule has 1 aliphatic heterocycles. The molecule has 1 unspecified atom stereocenters. The van der Waals surface area contributed by atoms with E-state index in [9.17, 15) is 9.90 Å². The maximum atomic E-state index is 11.4. The Morgan fingerprint density at radius 1 is 1.46 bits per heavy atom. The van der Waals surface area contributed by atoms with Crippen LogP contribution in [0.3, 0.4) is 0 Å². The van der Waals surface area contributed by atoms with Crippen molar-refractivity contribution in [2.24, 2.45) is 0 Å². The van der Waals surface area contributed by atoms with Crippen molar-refractivity contribution in [3.63, 3.8) is 0 Å². The fraction of sp³-hybridized carbons (Fsp3) is 0.700. The molecule has 1 N–H and O–H groups in total. The molecule has 0 radical (unpaired) electrons. The van der Waals surface area contributed by atoms with Crippen LogP contribution in [0.4, 0.5) is 0 Å². The number of aliphatic hydroxyl groups excluding tert-OH is 1. The molecule has 0 spiro atoms. The van der Waals surface area contributed by atoms with E-state index >= 15 is 0 Å². The third-order valence-electron chi connectivity index (χ3n) is 2.32. The molecular formula is C10H17NO2. The standard InChI is InChI=1S/C10H17NO2/c1-2-4-10(13)11-7-3-5-9(12)6-8-11/h2,4,9,12H,3,5-8H2,1H3/b4-2+. The minimum atomic E-state index is -0.219. The van der Waals surface area contributed by atoms with Gasteiger partial charge in [-0.3, -0.25) is 4.79 Å². The molecule has 74 valence electrons. The zero-order chi connectivity index (χ0) is 9.68. The average Bonchev–Trinajstić information content (AvgIpc) is 2.30. The highest BCUT2D eigenvalue weighted by Gasteiger charge is 2.16. The number of hydrogen-bond donors (Lipinski definition) is 1. The van der Waals surface area contributed by atoms with Gasteiger partial charge in [0.2, 0.25) is 5.91 Å². The van der Waals surface area contributed by atoms with Gasteiger partial charge in [0.25, 0.3) is 0 Å². The second-order valence-corrected chi connectivity index (χ2v) is 3.41. The van der Waals surface area contributed by atoms with Gasteiger partial charge in [-0.1, -0.05) is 6.08 Å². The summed E-state index contributed by atoms with van der Waals surface area (Å²) in [5.74, 6) is 0.0663. The van der Waals surface area contributed by atoms with Gasteiger partial charge in [0, 0.05) is 13.1 Å². The Kier molecular flexibility index (Phi) is 3.96. The van der Waals surface area contributed by atoms with E-state index < -0.39 is 0 Å². The molecule has 1 heterocycles. The van der Waals surface area contributed by atoms with Crippen molar-refractivity contribution in [3.05, 3.63) is 12.2 Å². The molecule has 0 saturated carbocycles. The SMILES string of the molecule is C/C=C/C(=O)N1CCCC(O)CC1. The van der Waals surface area contributed by atoms with Crippen LogP contribution in [0, 0.1) is 0 Å². The first kappa shape index (κ1) is 10.3. The number of likely N-dealkylation sites (tertiary alicyclic amines) is 1. The lowest BCUT2D eigenvalue weighted by atomic mass is 10.2. The third kappa shape index (κ3) is 3.19. The molecule has 0 bridgehead atoms. The van der Waals surface area contributed by atoms with Crippen molar-refractivity contribution in [3.8, 4) is 0 Å². The summed E-state index contributed by atoms with van der Waals surface area (Å²) in [6.07, 6.45) is 5.55. The van der Waals surface area contributed by atoms with Crippen LogP contribution in [0.2, 0.25) is 0 Å². The fourth-order valence-corrected chi connectivity index (χ4v) is 1.55. The Morgan fingerprint density at radius 3 is 2.92 bits per heavy atom. The Balaban J connectivity index is 2.46. The lowest BCUT2D eigenvalue weighted by Crippen LogP contribution is -2.30. The number of rotatable bonds is 1. The summed E-state index contributed by atoms with van der Waals surface area (Å²) in [6, 6.07) is 0. The predicted octanol–water partition coefficient (Wildman–Crippen LogP) is 0.936. The van der Waals surface area contributed by atoms with Crippen LogP contribution in [0.25, 0.3) is 0 Å². The molecule has 0 aromatic rings. The van der Waals surface area contributed by atoms with Gasteiger partial charge >= 0.3 is 0 Å². The number of hydrogen-bond acceptors (Lipinski definition) is 2. The minimum absolute atomic E-state index is 0.0663. The molecule has 3 heteroatoms. The van der Waals surface area contributed by atoms with Gasteiger partial charge in [-0.2, -0.15) is 0 Å². The van der Waals surface area contributed by atoms with Crippen LogP contribution in [0.15, 0.2) is 12.2 Å². The molecule has 1 rings (SSSR count). The van der Waals surface area contributed by atoms with E-state index in [0.717, 1.165) is 19.4 Å². The number of allylic oxidation sites excluding steroid dienone is 1. The molecule has 1 atom stereocenters. The van der Waals surface area contributed by atoms with E-state index in [2.05, 4.69) is 0 Å². The van der Waals surface area contributed by atoms with Crippen molar-refractivity contribution in [1.29, 1.82) is 0 Å². The molecule has 13 heavy (non-hydrogen) atoms. The first-order chi connectivity index (χ1) is 6.24. The van der Waals surface area contributed by atoms with Crippen LogP contribution in [-0.2, 0) is 4.79 Å². The van der Waals surface area contributed by atoms with Gasteiger partial charge in [-0.15, -0.1) is 0 Å². The molecule has 1 amide bonds. The number of aliphatic hydroxyl groups is 1. The van der Waals surface area contributed by atoms with E-state index in [0.29, 0.717) is 13.0 Å². The number of carbonyl (C=O) groups is 1. The Bertz CT molecular complexity index is 201. The summed E-state index contributed by atoms with van der Waals surface area (Å²) in [6.45, 7) is 3.30. The van der Waals surface area contributed by atoms with Crippen molar-refractivity contribution >= 4 is 5.91 Å². The van der Waals surface area contributed by atoms with Crippen molar-refractivity contribution in [2.45, 2.75) is 32.3 Å². The Morgan fingerprint density at radius 2 is 2.23 bits per heavy atom. The van der Waals surface area contributed by atoms with Crippen LogP contribution < -0.4 is 0 Å². The van der Waals surface area contributed by atoms with E-state index in [1.807, 2.05) is 6.92 Å². The molecule has 0 aromatic heterocycles. The average molecular weight is 183 g/mol. The molecule has 0 aromatic carbocycles. The first-order valence-electron chi connectivity index (χ1n) is 4.83. The Labute approximate surface area is 79.0 Å². The van der Waals surface area contributed by atoms with E-state index in [4.69, 9.17) is 0 Å². The van der Waals surface area contributed by atoms with Gasteiger partial charge < -0.3 is 10.0 Å². The van der Waals surface area contributed by atoms with Crippen molar-refractivity contribution in [2.75, 3.05) is 13.1 Å². The summed E-state index contributed by atoms with van der Waals surface area (Å²) < 4.78 is 0. The van der Waals surface area contributed by atoms with Crippen LogP contribution in [-0.4, -0.2) is 35.1 Å². The van der Waals surface area contributed by atoms with Gasteiger partial charge in [0.1, 0.15) is 0 Å². The van der Waals surface area contributed by atoms with E-state index in [1.165, 1.54) is 0 Å². The summed E-state index contributed by atoms with van der Waals surface area (Å²) in [7, 11) is 0. The Hall–Kier alpha value is -0.830. The number of nitrogens with zero attached hydrogens (tertiary/aromatic N) is 1. The zero-order valence-corrected chi connectivity index (χ0v) is 8.07. The fourth-order valence-electron chi connectivity index (χ4n) is 1.55. The highest BCUT2D eigenvalue weighted by Crippen LogP contribution is 2.10. The van der Waals surface area contributed by atoms with Gasteiger partial charge in [0.05, 0.1) is 6.10 Å². The normalized spacial score (nSPS) is 24.8. The second-order valence-electron chi connectivity index (χ2n) is 3.41. The van der Waals surface area contributed by atoms with E-state index in [-0.39, 0.29) is 12.0 Å². The van der Waals surface area contributed by atoms with Crippen LogP contribution in [0.1, 0.15) is 26.2 Å². The topological polar surface area (TPSA) is 40.5 Å². The molecule has 1 aliphatic rings. The quantitative estimate of drug-likeness (QED) is 0.614. The van der Waals surface area contributed by atoms with Crippen LogP contribution in [0.5, 0.6) is 0 Å². The monoisotopic (exact) mass is 183 g/mol. The lowest BCUT2D eigenvalue weighted by Gasteiger charge is -2.17. The molecule has 1 fully saturated rings. The number of carbonyl (C=O) groups excluding carboxylic acids is 1.